The first-order valence-electron chi connectivity index (χ1n) is 5.29. The van der Waals surface area contributed by atoms with Gasteiger partial charge in [0.05, 0.1) is 4.53 Å². The van der Waals surface area contributed by atoms with Crippen molar-refractivity contribution in [3.05, 3.63) is 34.0 Å². The highest BCUT2D eigenvalue weighted by atomic mass is 32.1. The topological polar surface area (TPSA) is 12.0 Å². The van der Waals surface area contributed by atoms with Crippen molar-refractivity contribution >= 4 is 33.2 Å². The Bertz CT molecular complexity index is 622. The first kappa shape index (κ1) is 8.98. The Kier molecular flexibility index (Phi) is 2.03. The van der Waals surface area contributed by atoms with E-state index in [-0.39, 0.29) is 0 Å². The third-order valence-corrected chi connectivity index (χ3v) is 4.20. The molecule has 0 fully saturated rings. The molecule has 0 radical (unpaired) electrons. The molecule has 0 spiro atoms. The van der Waals surface area contributed by atoms with Crippen LogP contribution in [-0.2, 0) is 0 Å². The maximum atomic E-state index is 3.33. The number of thiophene rings is 1. The van der Waals surface area contributed by atoms with Crippen LogP contribution in [0.2, 0.25) is 0 Å². The molecule has 0 bridgehead atoms. The fraction of sp³-hybridized carbons (Fsp3) is 0.231. The van der Waals surface area contributed by atoms with Gasteiger partial charge in [-0.15, -0.1) is 11.3 Å². The molecule has 1 aromatic carbocycles. The maximum absolute atomic E-state index is 3.33. The summed E-state index contributed by atoms with van der Waals surface area (Å²) in [6, 6.07) is 8.67. The van der Waals surface area contributed by atoms with E-state index in [9.17, 15) is 0 Å². The van der Waals surface area contributed by atoms with Crippen LogP contribution in [-0.4, -0.2) is 7.05 Å². The van der Waals surface area contributed by atoms with Crippen LogP contribution in [0.1, 0.15) is 12.8 Å². The second kappa shape index (κ2) is 3.38. The van der Waals surface area contributed by atoms with Gasteiger partial charge in [-0.2, -0.15) is 0 Å². The van der Waals surface area contributed by atoms with Crippen LogP contribution in [0.15, 0.2) is 24.3 Å². The Morgan fingerprint density at radius 2 is 2.13 bits per heavy atom. The van der Waals surface area contributed by atoms with Gasteiger partial charge in [0.1, 0.15) is 0 Å². The van der Waals surface area contributed by atoms with Gasteiger partial charge in [-0.3, -0.25) is 0 Å². The van der Waals surface area contributed by atoms with E-state index in [1.165, 1.54) is 25.5 Å². The van der Waals surface area contributed by atoms with Crippen LogP contribution in [0.25, 0.3) is 21.9 Å². The van der Waals surface area contributed by atoms with Crippen LogP contribution >= 0.6 is 11.3 Å². The smallest absolute Gasteiger partial charge is 0.0541 e. The van der Waals surface area contributed by atoms with Gasteiger partial charge in [0.15, 0.2) is 0 Å². The predicted octanol–water partition coefficient (Wildman–Crippen LogP) is 1.80. The van der Waals surface area contributed by atoms with Crippen molar-refractivity contribution in [1.82, 2.24) is 5.32 Å². The minimum atomic E-state index is 1.15. The monoisotopic (exact) mass is 215 g/mol. The van der Waals surface area contributed by atoms with E-state index in [0.717, 1.165) is 12.8 Å². The number of hydrogen-bond acceptors (Lipinski definition) is 2. The van der Waals surface area contributed by atoms with Gasteiger partial charge in [-0.25, -0.2) is 0 Å². The van der Waals surface area contributed by atoms with Crippen LogP contribution in [0.4, 0.5) is 0 Å². The average molecular weight is 215 g/mol. The van der Waals surface area contributed by atoms with Crippen molar-refractivity contribution in [2.75, 3.05) is 7.05 Å². The minimum absolute atomic E-state index is 1.15. The van der Waals surface area contributed by atoms with Gasteiger partial charge in [0.2, 0.25) is 0 Å². The Morgan fingerprint density at radius 1 is 1.27 bits per heavy atom. The summed E-state index contributed by atoms with van der Waals surface area (Å²) in [7, 11) is 2.02. The van der Waals surface area contributed by atoms with Crippen LogP contribution < -0.4 is 15.1 Å². The highest BCUT2D eigenvalue weighted by Gasteiger charge is 2.07. The maximum Gasteiger partial charge on any atom is 0.0541 e. The average Bonchev–Trinajstić information content (AvgIpc) is 2.67. The summed E-state index contributed by atoms with van der Waals surface area (Å²) in [6.07, 6.45) is 4.68. The van der Waals surface area contributed by atoms with Crippen molar-refractivity contribution in [2.24, 2.45) is 0 Å². The van der Waals surface area contributed by atoms with Crippen molar-refractivity contribution in [1.29, 1.82) is 0 Å². The molecule has 0 amide bonds. The third-order valence-electron chi connectivity index (χ3n) is 2.95. The van der Waals surface area contributed by atoms with E-state index in [1.54, 1.807) is 0 Å². The summed E-state index contributed by atoms with van der Waals surface area (Å²) in [5.74, 6) is 0. The quantitative estimate of drug-likeness (QED) is 0.765. The molecular formula is C13H13NS. The SMILES string of the molecule is CNC1=c2sc3ccccc3c2=CCC1. The summed E-state index contributed by atoms with van der Waals surface area (Å²) in [5.41, 5.74) is 1.40. The molecule has 0 atom stereocenters. The van der Waals surface area contributed by atoms with E-state index in [0.29, 0.717) is 0 Å². The van der Waals surface area contributed by atoms with Gasteiger partial charge in [-0.05, 0) is 24.1 Å². The molecule has 3 rings (SSSR count). The van der Waals surface area contributed by atoms with E-state index in [1.807, 2.05) is 18.4 Å². The summed E-state index contributed by atoms with van der Waals surface area (Å²) in [6.45, 7) is 0. The number of hydrogen-bond donors (Lipinski definition) is 1. The largest absolute Gasteiger partial charge is 0.390 e. The highest BCUT2D eigenvalue weighted by molar-refractivity contribution is 7.17. The van der Waals surface area contributed by atoms with Crippen LogP contribution in [0.3, 0.4) is 0 Å². The lowest BCUT2D eigenvalue weighted by molar-refractivity contribution is 0.965. The molecule has 15 heavy (non-hydrogen) atoms. The van der Waals surface area contributed by atoms with Crippen molar-refractivity contribution in [3.8, 4) is 0 Å². The zero-order chi connectivity index (χ0) is 10.3. The second-order valence-electron chi connectivity index (χ2n) is 3.81. The first-order chi connectivity index (χ1) is 7.40. The van der Waals surface area contributed by atoms with Crippen molar-refractivity contribution < 1.29 is 0 Å². The van der Waals surface area contributed by atoms with Gasteiger partial charge in [0.25, 0.3) is 0 Å². The normalized spacial score (nSPS) is 14.9. The van der Waals surface area contributed by atoms with Crippen molar-refractivity contribution in [3.63, 3.8) is 0 Å². The molecule has 1 aliphatic carbocycles. The Balaban J connectivity index is 2.54. The summed E-state index contributed by atoms with van der Waals surface area (Å²) in [4.78, 5) is 0. The lowest BCUT2D eigenvalue weighted by atomic mass is 10.1. The summed E-state index contributed by atoms with van der Waals surface area (Å²) in [5, 5.41) is 6.17. The van der Waals surface area contributed by atoms with Gasteiger partial charge < -0.3 is 5.32 Å². The molecule has 0 saturated heterocycles. The molecule has 1 heterocycles. The van der Waals surface area contributed by atoms with E-state index < -0.39 is 0 Å². The Labute approximate surface area is 92.7 Å². The summed E-state index contributed by atoms with van der Waals surface area (Å²) < 4.78 is 2.83. The van der Waals surface area contributed by atoms with E-state index >= 15 is 0 Å². The fourth-order valence-corrected chi connectivity index (χ4v) is 3.49. The molecule has 1 N–H and O–H groups in total. The van der Waals surface area contributed by atoms with E-state index in [2.05, 4.69) is 35.7 Å². The zero-order valence-corrected chi connectivity index (χ0v) is 9.53. The number of nitrogens with one attached hydrogen (secondary N) is 1. The standard InChI is InChI=1S/C13H13NS/c1-14-11-7-4-6-10-9-5-2-3-8-12(9)15-13(10)11/h2-3,5-6,8,14H,4,7H2,1H3. The number of benzene rings is 1. The van der Waals surface area contributed by atoms with Gasteiger partial charge in [-0.1, -0.05) is 24.3 Å². The highest BCUT2D eigenvalue weighted by Crippen LogP contribution is 2.16. The third kappa shape index (κ3) is 1.29. The fourth-order valence-electron chi connectivity index (χ4n) is 2.21. The van der Waals surface area contributed by atoms with Crippen LogP contribution in [0, 0.1) is 0 Å². The van der Waals surface area contributed by atoms with Crippen LogP contribution in [0.5, 0.6) is 0 Å². The molecule has 1 aromatic heterocycles. The first-order valence-corrected chi connectivity index (χ1v) is 6.10. The Hall–Kier alpha value is -1.28. The molecule has 1 aliphatic rings. The number of fused-ring (bicyclic) bond motifs is 3. The summed E-state index contributed by atoms with van der Waals surface area (Å²) >= 11 is 1.90. The predicted molar refractivity (Wildman–Crippen MR) is 67.2 cm³/mol. The Morgan fingerprint density at radius 3 is 3.00 bits per heavy atom. The second-order valence-corrected chi connectivity index (χ2v) is 4.86. The molecule has 0 unspecified atom stereocenters. The molecule has 0 saturated carbocycles. The number of rotatable bonds is 1. The molecule has 2 aromatic rings. The molecule has 76 valence electrons. The molecule has 2 heteroatoms. The minimum Gasteiger partial charge on any atom is -0.390 e. The molecular weight excluding hydrogens is 202 g/mol. The van der Waals surface area contributed by atoms with Gasteiger partial charge >= 0.3 is 0 Å². The van der Waals surface area contributed by atoms with Crippen molar-refractivity contribution in [2.45, 2.75) is 12.8 Å². The van der Waals surface area contributed by atoms with Gasteiger partial charge in [0, 0.05) is 22.8 Å². The van der Waals surface area contributed by atoms with E-state index in [4.69, 9.17) is 0 Å². The molecule has 0 aliphatic heterocycles. The zero-order valence-electron chi connectivity index (χ0n) is 8.71. The molecule has 1 nitrogen and oxygen atoms in total. The lowest BCUT2D eigenvalue weighted by Gasteiger charge is -2.06. The lowest BCUT2D eigenvalue weighted by Crippen LogP contribution is -2.29.